The van der Waals surface area contributed by atoms with Crippen molar-refractivity contribution in [2.24, 2.45) is 0 Å². The van der Waals surface area contributed by atoms with Crippen LogP contribution in [0.1, 0.15) is 35.9 Å². The third-order valence-electron chi connectivity index (χ3n) is 5.58. The molecule has 0 aliphatic carbocycles. The molecule has 0 N–H and O–H groups in total. The molecule has 2 aromatic rings. The number of hydrogen-bond donors (Lipinski definition) is 0. The van der Waals surface area contributed by atoms with E-state index in [0.717, 1.165) is 62.2 Å². The molecule has 0 saturated carbocycles. The number of hydrogen-bond acceptors (Lipinski definition) is 4. The number of likely N-dealkylation sites (tertiary alicyclic amines) is 1. The van der Waals surface area contributed by atoms with Crippen LogP contribution in [0.25, 0.3) is 11.0 Å². The summed E-state index contributed by atoms with van der Waals surface area (Å²) in [7, 11) is 0. The summed E-state index contributed by atoms with van der Waals surface area (Å²) in [6.07, 6.45) is 2.36. The van der Waals surface area contributed by atoms with Gasteiger partial charge in [-0.2, -0.15) is 0 Å². The molecule has 2 fully saturated rings. The van der Waals surface area contributed by atoms with Crippen molar-refractivity contribution in [3.8, 4) is 0 Å². The molecule has 2 aliphatic rings. The second-order valence-electron chi connectivity index (χ2n) is 7.25. The molecule has 1 aromatic carbocycles. The molecular formula is C20H26N2O3. The van der Waals surface area contributed by atoms with Gasteiger partial charge in [-0.05, 0) is 32.8 Å². The van der Waals surface area contributed by atoms with Crippen molar-refractivity contribution in [1.82, 2.24) is 9.80 Å². The maximum Gasteiger partial charge on any atom is 0.289 e. The SMILES string of the molecule is Cc1c(C(=O)N2CCC(N3CCO[C@H](C)C3)CC2)oc2ccccc12. The van der Waals surface area contributed by atoms with Crippen LogP contribution < -0.4 is 0 Å². The molecular weight excluding hydrogens is 316 g/mol. The molecule has 1 atom stereocenters. The predicted molar refractivity (Wildman–Crippen MR) is 96.9 cm³/mol. The zero-order valence-electron chi connectivity index (χ0n) is 15.0. The van der Waals surface area contributed by atoms with Gasteiger partial charge in [0.05, 0.1) is 12.7 Å². The third-order valence-corrected chi connectivity index (χ3v) is 5.58. The maximum atomic E-state index is 12.9. The van der Waals surface area contributed by atoms with Crippen molar-refractivity contribution in [3.63, 3.8) is 0 Å². The van der Waals surface area contributed by atoms with Crippen LogP contribution in [-0.2, 0) is 4.74 Å². The zero-order valence-corrected chi connectivity index (χ0v) is 15.0. The molecule has 4 rings (SSSR count). The summed E-state index contributed by atoms with van der Waals surface area (Å²) in [6.45, 7) is 8.53. The Morgan fingerprint density at radius 2 is 1.92 bits per heavy atom. The lowest BCUT2D eigenvalue weighted by atomic mass is 10.0. The molecule has 3 heterocycles. The number of furan rings is 1. The van der Waals surface area contributed by atoms with Gasteiger partial charge >= 0.3 is 0 Å². The fraction of sp³-hybridized carbons (Fsp3) is 0.550. The summed E-state index contributed by atoms with van der Waals surface area (Å²) in [5, 5.41) is 1.03. The van der Waals surface area contributed by atoms with Crippen molar-refractivity contribution in [3.05, 3.63) is 35.6 Å². The largest absolute Gasteiger partial charge is 0.451 e. The Kier molecular flexibility index (Phi) is 4.52. The Bertz CT molecular complexity index is 761. The summed E-state index contributed by atoms with van der Waals surface area (Å²) < 4.78 is 11.5. The number of aryl methyl sites for hydroxylation is 1. The zero-order chi connectivity index (χ0) is 17.4. The van der Waals surface area contributed by atoms with Crippen molar-refractivity contribution in [2.45, 2.75) is 38.8 Å². The van der Waals surface area contributed by atoms with Gasteiger partial charge in [0.2, 0.25) is 0 Å². The van der Waals surface area contributed by atoms with E-state index in [1.54, 1.807) is 0 Å². The monoisotopic (exact) mass is 342 g/mol. The van der Waals surface area contributed by atoms with Crippen LogP contribution in [0.15, 0.2) is 28.7 Å². The van der Waals surface area contributed by atoms with Crippen molar-refractivity contribution in [2.75, 3.05) is 32.8 Å². The Labute approximate surface area is 148 Å². The first-order valence-electron chi connectivity index (χ1n) is 9.26. The van der Waals surface area contributed by atoms with E-state index in [4.69, 9.17) is 9.15 Å². The number of carbonyl (C=O) groups excluding carboxylic acids is 1. The normalized spacial score (nSPS) is 23.3. The number of para-hydroxylation sites is 1. The highest BCUT2D eigenvalue weighted by atomic mass is 16.5. The molecule has 0 spiro atoms. The summed E-state index contributed by atoms with van der Waals surface area (Å²) >= 11 is 0. The van der Waals surface area contributed by atoms with Crippen LogP contribution in [0, 0.1) is 6.92 Å². The first-order valence-corrected chi connectivity index (χ1v) is 9.26. The van der Waals surface area contributed by atoms with Crippen molar-refractivity contribution in [1.29, 1.82) is 0 Å². The van der Waals surface area contributed by atoms with Gasteiger partial charge in [0.1, 0.15) is 5.58 Å². The number of ether oxygens (including phenoxy) is 1. The topological polar surface area (TPSA) is 45.9 Å². The number of rotatable bonds is 2. The van der Waals surface area contributed by atoms with Gasteiger partial charge in [-0.1, -0.05) is 18.2 Å². The number of carbonyl (C=O) groups is 1. The fourth-order valence-electron chi connectivity index (χ4n) is 4.13. The molecule has 134 valence electrons. The van der Waals surface area contributed by atoms with Gasteiger partial charge < -0.3 is 14.1 Å². The predicted octanol–water partition coefficient (Wildman–Crippen LogP) is 3.07. The number of amides is 1. The molecule has 5 heteroatoms. The minimum absolute atomic E-state index is 0.0301. The number of piperidine rings is 1. The van der Waals surface area contributed by atoms with E-state index in [1.807, 2.05) is 36.1 Å². The Morgan fingerprint density at radius 1 is 1.16 bits per heavy atom. The lowest BCUT2D eigenvalue weighted by molar-refractivity contribution is -0.0424. The van der Waals surface area contributed by atoms with Crippen molar-refractivity contribution < 1.29 is 13.9 Å². The Hall–Kier alpha value is -1.85. The van der Waals surface area contributed by atoms with Crippen LogP contribution in [0.5, 0.6) is 0 Å². The van der Waals surface area contributed by atoms with Crippen LogP contribution in [-0.4, -0.2) is 60.6 Å². The summed E-state index contributed by atoms with van der Waals surface area (Å²) in [4.78, 5) is 17.4. The molecule has 25 heavy (non-hydrogen) atoms. The molecule has 0 radical (unpaired) electrons. The highest BCUT2D eigenvalue weighted by molar-refractivity contribution is 5.98. The molecule has 2 saturated heterocycles. The number of benzene rings is 1. The average Bonchev–Trinajstić information content (AvgIpc) is 2.98. The lowest BCUT2D eigenvalue weighted by Crippen LogP contribution is -2.51. The van der Waals surface area contributed by atoms with Gasteiger partial charge in [-0.3, -0.25) is 9.69 Å². The molecule has 1 aromatic heterocycles. The van der Waals surface area contributed by atoms with Crippen LogP contribution >= 0.6 is 0 Å². The van der Waals surface area contributed by atoms with Crippen LogP contribution in [0.4, 0.5) is 0 Å². The van der Waals surface area contributed by atoms with E-state index >= 15 is 0 Å². The fourth-order valence-corrected chi connectivity index (χ4v) is 4.13. The second-order valence-corrected chi connectivity index (χ2v) is 7.25. The lowest BCUT2D eigenvalue weighted by Gasteiger charge is -2.41. The van der Waals surface area contributed by atoms with Gasteiger partial charge in [-0.25, -0.2) is 0 Å². The quantitative estimate of drug-likeness (QED) is 0.841. The molecule has 0 bridgehead atoms. The van der Waals surface area contributed by atoms with E-state index in [2.05, 4.69) is 11.8 Å². The van der Waals surface area contributed by atoms with Gasteiger partial charge in [0, 0.05) is 43.2 Å². The van der Waals surface area contributed by atoms with E-state index in [9.17, 15) is 4.79 Å². The summed E-state index contributed by atoms with van der Waals surface area (Å²) in [6, 6.07) is 8.41. The number of nitrogens with zero attached hydrogens (tertiary/aromatic N) is 2. The average molecular weight is 342 g/mol. The van der Waals surface area contributed by atoms with Gasteiger partial charge in [0.15, 0.2) is 5.76 Å². The molecule has 1 amide bonds. The number of morpholine rings is 1. The first-order chi connectivity index (χ1) is 12.1. The Balaban J connectivity index is 1.43. The highest BCUT2D eigenvalue weighted by Gasteiger charge is 2.31. The second kappa shape index (κ2) is 6.81. The van der Waals surface area contributed by atoms with E-state index in [1.165, 1.54) is 0 Å². The summed E-state index contributed by atoms with van der Waals surface area (Å²) in [5.41, 5.74) is 1.74. The maximum absolute atomic E-state index is 12.9. The first kappa shape index (κ1) is 16.6. The summed E-state index contributed by atoms with van der Waals surface area (Å²) in [5.74, 6) is 0.530. The minimum Gasteiger partial charge on any atom is -0.451 e. The van der Waals surface area contributed by atoms with Gasteiger partial charge in [0.25, 0.3) is 5.91 Å². The standard InChI is InChI=1S/C20H26N2O3/c1-14-13-22(11-12-24-14)16-7-9-21(10-8-16)20(23)19-15(2)17-5-3-4-6-18(17)25-19/h3-6,14,16H,7-13H2,1-2H3/t14-/m1/s1. The third kappa shape index (κ3) is 3.18. The van der Waals surface area contributed by atoms with Crippen molar-refractivity contribution >= 4 is 16.9 Å². The van der Waals surface area contributed by atoms with Gasteiger partial charge in [-0.15, -0.1) is 0 Å². The molecule has 0 unspecified atom stereocenters. The number of fused-ring (bicyclic) bond motifs is 1. The highest BCUT2D eigenvalue weighted by Crippen LogP contribution is 2.27. The van der Waals surface area contributed by atoms with E-state index in [0.29, 0.717) is 17.9 Å². The molecule has 2 aliphatic heterocycles. The van der Waals surface area contributed by atoms with E-state index < -0.39 is 0 Å². The smallest absolute Gasteiger partial charge is 0.289 e. The van der Waals surface area contributed by atoms with E-state index in [-0.39, 0.29) is 5.91 Å². The minimum atomic E-state index is 0.0301. The molecule has 5 nitrogen and oxygen atoms in total. The Morgan fingerprint density at radius 3 is 2.64 bits per heavy atom. The van der Waals surface area contributed by atoms with Crippen LogP contribution in [0.3, 0.4) is 0 Å². The van der Waals surface area contributed by atoms with Crippen LogP contribution in [0.2, 0.25) is 0 Å².